The van der Waals surface area contributed by atoms with Gasteiger partial charge in [-0.1, -0.05) is 12.1 Å². The molecule has 0 aromatic heterocycles. The highest BCUT2D eigenvalue weighted by atomic mass is 16.5. The molecule has 31 heavy (non-hydrogen) atoms. The number of fused-ring (bicyclic) bond motifs is 4. The van der Waals surface area contributed by atoms with Crippen molar-refractivity contribution in [2.75, 3.05) is 41.5 Å². The van der Waals surface area contributed by atoms with Crippen LogP contribution in [0.2, 0.25) is 0 Å². The molecule has 1 atom stereocenters. The van der Waals surface area contributed by atoms with E-state index in [1.54, 1.807) is 21.3 Å². The Kier molecular flexibility index (Phi) is 4.95. The van der Waals surface area contributed by atoms with Crippen molar-refractivity contribution in [2.45, 2.75) is 24.6 Å². The largest absolute Gasteiger partial charge is 0.497 e. The lowest BCUT2D eigenvalue weighted by Gasteiger charge is -2.50. The maximum atomic E-state index is 6.76. The molecule has 0 bridgehead atoms. The zero-order chi connectivity index (χ0) is 21.6. The summed E-state index contributed by atoms with van der Waals surface area (Å²) >= 11 is 0. The quantitative estimate of drug-likeness (QED) is 0.783. The number of nitrogens with one attached hydrogen (secondary N) is 2. The third-order valence-electron chi connectivity index (χ3n) is 6.71. The van der Waals surface area contributed by atoms with Gasteiger partial charge in [0.25, 0.3) is 0 Å². The zero-order valence-corrected chi connectivity index (χ0v) is 18.5. The van der Waals surface area contributed by atoms with Gasteiger partial charge in [0, 0.05) is 17.2 Å². The van der Waals surface area contributed by atoms with E-state index in [9.17, 15) is 0 Å². The van der Waals surface area contributed by atoms with Crippen LogP contribution < -0.4 is 29.3 Å². The molecule has 7 nitrogen and oxygen atoms in total. The van der Waals surface area contributed by atoms with Crippen LogP contribution in [0.3, 0.4) is 0 Å². The first kappa shape index (κ1) is 20.0. The number of nitrogens with zero attached hydrogens (tertiary/aromatic N) is 1. The fourth-order valence-electron chi connectivity index (χ4n) is 4.91. The number of methoxy groups -OCH3 is 3. The van der Waals surface area contributed by atoms with Crippen LogP contribution in [0.4, 0.5) is 0 Å². The Morgan fingerprint density at radius 3 is 2.52 bits per heavy atom. The van der Waals surface area contributed by atoms with Gasteiger partial charge in [-0.2, -0.15) is 5.01 Å². The van der Waals surface area contributed by atoms with Gasteiger partial charge in [-0.25, -0.2) is 0 Å². The summed E-state index contributed by atoms with van der Waals surface area (Å²) in [6.45, 7) is 2.10. The number of quaternary nitrogens is 1. The highest BCUT2D eigenvalue weighted by Gasteiger charge is 2.53. The Morgan fingerprint density at radius 1 is 1.03 bits per heavy atom. The second kappa shape index (κ2) is 7.66. The molecule has 1 saturated heterocycles. The van der Waals surface area contributed by atoms with Gasteiger partial charge in [0.2, 0.25) is 0 Å². The van der Waals surface area contributed by atoms with Gasteiger partial charge in [-0.15, -0.1) is 0 Å². The zero-order valence-electron chi connectivity index (χ0n) is 18.5. The number of piperidine rings is 1. The summed E-state index contributed by atoms with van der Waals surface area (Å²) in [6, 6.07) is 12.1. The minimum atomic E-state index is -0.427. The third kappa shape index (κ3) is 3.20. The molecule has 5 rings (SSSR count). The van der Waals surface area contributed by atoms with Gasteiger partial charge in [-0.3, -0.25) is 0 Å². The Labute approximate surface area is 183 Å². The lowest BCUT2D eigenvalue weighted by Crippen LogP contribution is -3.11. The standard InChI is InChI=1S/C24H29N3O4/c1-26-12-10-24(11-13-26)27-20(18-6-5-7-21(29-3)23(18)31-24)15-19(25-27)17-9-8-16(28-2)14-22(17)30-4/h5-9,14-15,20,25H,10-13H2,1-4H3/p+1/t20-/m1/s1. The third-order valence-corrected chi connectivity index (χ3v) is 6.71. The second-order valence-corrected chi connectivity index (χ2v) is 8.46. The molecule has 2 aromatic rings. The molecule has 3 aliphatic rings. The van der Waals surface area contributed by atoms with Gasteiger partial charge in [0.15, 0.2) is 17.2 Å². The fraction of sp³-hybridized carbons (Fsp3) is 0.417. The highest BCUT2D eigenvalue weighted by molar-refractivity contribution is 5.73. The normalized spacial score (nSPS) is 26.9. The van der Waals surface area contributed by atoms with Crippen molar-refractivity contribution in [1.29, 1.82) is 0 Å². The molecule has 2 N–H and O–H groups in total. The number of likely N-dealkylation sites (tertiary alicyclic amines) is 1. The van der Waals surface area contributed by atoms with Crippen molar-refractivity contribution < 1.29 is 23.8 Å². The second-order valence-electron chi connectivity index (χ2n) is 8.46. The molecule has 0 amide bonds. The number of hydrogen-bond acceptors (Lipinski definition) is 6. The van der Waals surface area contributed by atoms with Crippen molar-refractivity contribution in [3.8, 4) is 23.0 Å². The topological polar surface area (TPSA) is 56.6 Å². The van der Waals surface area contributed by atoms with E-state index < -0.39 is 5.72 Å². The van der Waals surface area contributed by atoms with Crippen molar-refractivity contribution in [3.05, 3.63) is 53.6 Å². The molecule has 7 heteroatoms. The van der Waals surface area contributed by atoms with E-state index in [1.807, 2.05) is 30.3 Å². The highest BCUT2D eigenvalue weighted by Crippen LogP contribution is 2.51. The Hall–Kier alpha value is -2.90. The molecule has 3 aliphatic heterocycles. The van der Waals surface area contributed by atoms with Gasteiger partial charge >= 0.3 is 0 Å². The molecule has 0 aliphatic carbocycles. The summed E-state index contributed by atoms with van der Waals surface area (Å²) in [6.07, 6.45) is 4.12. The first-order valence-electron chi connectivity index (χ1n) is 10.8. The molecule has 1 fully saturated rings. The van der Waals surface area contributed by atoms with Crippen molar-refractivity contribution in [1.82, 2.24) is 10.4 Å². The number of ether oxygens (including phenoxy) is 4. The SMILES string of the molecule is COc1ccc(C2=C[C@@H]3c4cccc(OC)c4OC4(CC[NH+](C)CC4)N3N2)c(OC)c1. The summed E-state index contributed by atoms with van der Waals surface area (Å²) < 4.78 is 23.5. The molecule has 0 radical (unpaired) electrons. The number of para-hydroxylation sites is 1. The Balaban J connectivity index is 1.60. The lowest BCUT2D eigenvalue weighted by atomic mass is 9.92. The number of hydrogen-bond donors (Lipinski definition) is 2. The van der Waals surface area contributed by atoms with Crippen molar-refractivity contribution in [2.24, 2.45) is 0 Å². The van der Waals surface area contributed by atoms with E-state index in [0.717, 1.165) is 65.8 Å². The molecule has 1 spiro atoms. The predicted molar refractivity (Wildman–Crippen MR) is 117 cm³/mol. The Bertz CT molecular complexity index is 1010. The number of hydrazine groups is 1. The monoisotopic (exact) mass is 424 g/mol. The van der Waals surface area contributed by atoms with Crippen LogP contribution in [-0.2, 0) is 0 Å². The van der Waals surface area contributed by atoms with E-state index in [-0.39, 0.29) is 6.04 Å². The van der Waals surface area contributed by atoms with E-state index in [1.165, 1.54) is 4.90 Å². The maximum absolute atomic E-state index is 6.76. The molecule has 0 unspecified atom stereocenters. The first-order valence-corrected chi connectivity index (χ1v) is 10.8. The Morgan fingerprint density at radius 2 is 1.81 bits per heavy atom. The fourth-order valence-corrected chi connectivity index (χ4v) is 4.91. The van der Waals surface area contributed by atoms with Crippen LogP contribution in [0.1, 0.15) is 30.0 Å². The van der Waals surface area contributed by atoms with E-state index in [2.05, 4.69) is 29.6 Å². The van der Waals surface area contributed by atoms with Crippen LogP contribution in [0.25, 0.3) is 5.70 Å². The summed E-state index contributed by atoms with van der Waals surface area (Å²) in [5, 5.41) is 2.29. The van der Waals surface area contributed by atoms with Crippen molar-refractivity contribution in [3.63, 3.8) is 0 Å². The van der Waals surface area contributed by atoms with Crippen molar-refractivity contribution >= 4 is 5.70 Å². The molecular weight excluding hydrogens is 394 g/mol. The van der Waals surface area contributed by atoms with Gasteiger partial charge in [0.05, 0.1) is 66.0 Å². The van der Waals surface area contributed by atoms with Crippen LogP contribution in [-0.4, -0.2) is 52.2 Å². The predicted octanol–water partition coefficient (Wildman–Crippen LogP) is 2.01. The van der Waals surface area contributed by atoms with E-state index in [0.29, 0.717) is 0 Å². The van der Waals surface area contributed by atoms with Crippen LogP contribution in [0.5, 0.6) is 23.0 Å². The number of benzene rings is 2. The molecule has 2 aromatic carbocycles. The smallest absolute Gasteiger partial charge is 0.191 e. The summed E-state index contributed by atoms with van der Waals surface area (Å²) in [5.74, 6) is 3.18. The molecule has 0 saturated carbocycles. The average molecular weight is 425 g/mol. The number of rotatable bonds is 4. The van der Waals surface area contributed by atoms with Crippen LogP contribution in [0, 0.1) is 0 Å². The summed E-state index contributed by atoms with van der Waals surface area (Å²) in [7, 11) is 7.29. The van der Waals surface area contributed by atoms with Crippen LogP contribution >= 0.6 is 0 Å². The van der Waals surface area contributed by atoms with E-state index in [4.69, 9.17) is 18.9 Å². The first-order chi connectivity index (χ1) is 15.1. The maximum Gasteiger partial charge on any atom is 0.191 e. The summed E-state index contributed by atoms with van der Waals surface area (Å²) in [4.78, 5) is 1.53. The minimum absolute atomic E-state index is 0.0408. The lowest BCUT2D eigenvalue weighted by molar-refractivity contribution is -0.888. The van der Waals surface area contributed by atoms with E-state index >= 15 is 0 Å². The molecule has 164 valence electrons. The van der Waals surface area contributed by atoms with Crippen LogP contribution in [0.15, 0.2) is 42.5 Å². The molecular formula is C24H30N3O4+. The average Bonchev–Trinajstić information content (AvgIpc) is 3.27. The van der Waals surface area contributed by atoms with Gasteiger partial charge < -0.3 is 29.3 Å². The summed E-state index contributed by atoms with van der Waals surface area (Å²) in [5.41, 5.74) is 6.35. The minimum Gasteiger partial charge on any atom is -0.497 e. The molecule has 3 heterocycles. The van der Waals surface area contributed by atoms with Gasteiger partial charge in [-0.05, 0) is 24.3 Å². The van der Waals surface area contributed by atoms with Gasteiger partial charge in [0.1, 0.15) is 11.5 Å².